The Morgan fingerprint density at radius 2 is 1.87 bits per heavy atom. The van der Waals surface area contributed by atoms with Gasteiger partial charge in [-0.05, 0) is 63.6 Å². The summed E-state index contributed by atoms with van der Waals surface area (Å²) < 4.78 is 29.8. The molecule has 2 aliphatic heterocycles. The van der Waals surface area contributed by atoms with E-state index in [2.05, 4.69) is 15.0 Å². The van der Waals surface area contributed by atoms with Crippen molar-refractivity contribution in [2.45, 2.75) is 66.0 Å². The van der Waals surface area contributed by atoms with E-state index in [9.17, 15) is 13.2 Å². The number of hydrogen-bond donors (Lipinski definition) is 2. The molecule has 1 fully saturated rings. The molecule has 164 valence electrons. The number of sulfonamides is 1. The third-order valence-electron chi connectivity index (χ3n) is 6.03. The molecule has 0 unspecified atom stereocenters. The van der Waals surface area contributed by atoms with Crippen molar-refractivity contribution in [3.8, 4) is 0 Å². The fourth-order valence-electron chi connectivity index (χ4n) is 3.85. The highest BCUT2D eigenvalue weighted by Crippen LogP contribution is 2.35. The molecule has 8 heteroatoms. The Morgan fingerprint density at radius 3 is 2.47 bits per heavy atom. The van der Waals surface area contributed by atoms with Crippen LogP contribution in [0.5, 0.6) is 0 Å². The van der Waals surface area contributed by atoms with E-state index in [4.69, 9.17) is 0 Å². The minimum atomic E-state index is -3.72. The first-order chi connectivity index (χ1) is 14.1. The van der Waals surface area contributed by atoms with Crippen LogP contribution in [0.1, 0.15) is 56.7 Å². The normalized spacial score (nSPS) is 20.2. The van der Waals surface area contributed by atoms with E-state index in [1.807, 2.05) is 57.7 Å². The average Bonchev–Trinajstić information content (AvgIpc) is 2.93. The predicted octanol–water partition coefficient (Wildman–Crippen LogP) is 3.34. The molecule has 0 radical (unpaired) electrons. The number of carbonyl (C=O) groups excluding carboxylic acids is 1. The largest absolute Gasteiger partial charge is 0.356 e. The number of piperidine rings is 1. The van der Waals surface area contributed by atoms with Gasteiger partial charge in [-0.25, -0.2) is 4.79 Å². The molecule has 0 bridgehead atoms. The molecule has 7 nitrogen and oxygen atoms in total. The third-order valence-corrected chi connectivity index (χ3v) is 7.50. The molecular formula is C22H32N4O3S. The van der Waals surface area contributed by atoms with E-state index in [1.165, 1.54) is 0 Å². The van der Waals surface area contributed by atoms with E-state index in [0.717, 1.165) is 30.4 Å². The summed E-state index contributed by atoms with van der Waals surface area (Å²) in [6, 6.07) is 5.78. The Morgan fingerprint density at radius 1 is 1.20 bits per heavy atom. The molecule has 1 atom stereocenters. The molecule has 0 aromatic heterocycles. The molecule has 1 aromatic carbocycles. The van der Waals surface area contributed by atoms with Gasteiger partial charge in [-0.2, -0.15) is 8.42 Å². The second-order valence-electron chi connectivity index (χ2n) is 8.33. The van der Waals surface area contributed by atoms with Crippen LogP contribution in [0.15, 0.2) is 28.2 Å². The number of aryl methyl sites for hydroxylation is 2. The molecule has 2 amide bonds. The predicted molar refractivity (Wildman–Crippen MR) is 121 cm³/mol. The van der Waals surface area contributed by atoms with Crippen molar-refractivity contribution in [1.29, 1.82) is 0 Å². The summed E-state index contributed by atoms with van der Waals surface area (Å²) in [5.41, 5.74) is 3.56. The molecule has 1 saturated heterocycles. The summed E-state index contributed by atoms with van der Waals surface area (Å²) in [5, 5.41) is 5.94. The van der Waals surface area contributed by atoms with Crippen molar-refractivity contribution in [2.24, 2.45) is 4.40 Å². The van der Waals surface area contributed by atoms with Crippen molar-refractivity contribution in [3.05, 3.63) is 40.5 Å². The Labute approximate surface area is 179 Å². The lowest BCUT2D eigenvalue weighted by Crippen LogP contribution is -2.50. The van der Waals surface area contributed by atoms with Crippen molar-refractivity contribution in [2.75, 3.05) is 13.1 Å². The van der Waals surface area contributed by atoms with E-state index in [-0.39, 0.29) is 18.1 Å². The van der Waals surface area contributed by atoms with Crippen LogP contribution in [-0.2, 0) is 10.0 Å². The number of nitrogens with zero attached hydrogens (tertiary/aromatic N) is 2. The van der Waals surface area contributed by atoms with Gasteiger partial charge < -0.3 is 15.5 Å². The maximum atomic E-state index is 12.8. The minimum absolute atomic E-state index is 0.0763. The lowest BCUT2D eigenvalue weighted by atomic mass is 10.0. The van der Waals surface area contributed by atoms with Gasteiger partial charge >= 0.3 is 6.03 Å². The zero-order valence-corrected chi connectivity index (χ0v) is 19.3. The van der Waals surface area contributed by atoms with Gasteiger partial charge in [-0.15, -0.1) is 4.40 Å². The Hall–Kier alpha value is -2.35. The third kappa shape index (κ3) is 4.69. The molecule has 0 saturated carbocycles. The molecule has 30 heavy (non-hydrogen) atoms. The standard InChI is InChI=1S/C22H32N4O3S/c1-6-16(4)23-22(27)24-19-9-11-26(12-10-19)21-17(5)20(30(28,29)25-21)18-8-7-14(2)15(3)13-18/h7-8,13,16,19H,6,9-12H2,1-5H3,(H2,23,24,27)/t16-/m0/s1. The maximum absolute atomic E-state index is 12.8. The summed E-state index contributed by atoms with van der Waals surface area (Å²) in [6.07, 6.45) is 2.38. The average molecular weight is 433 g/mol. The van der Waals surface area contributed by atoms with Crippen molar-refractivity contribution < 1.29 is 13.2 Å². The van der Waals surface area contributed by atoms with Crippen LogP contribution >= 0.6 is 0 Å². The molecular weight excluding hydrogens is 400 g/mol. The highest BCUT2D eigenvalue weighted by molar-refractivity contribution is 8.00. The summed E-state index contributed by atoms with van der Waals surface area (Å²) in [4.78, 5) is 14.4. The van der Waals surface area contributed by atoms with E-state index < -0.39 is 10.0 Å². The van der Waals surface area contributed by atoms with Crippen molar-refractivity contribution >= 4 is 26.8 Å². The van der Waals surface area contributed by atoms with Crippen LogP contribution in [0.4, 0.5) is 4.79 Å². The first-order valence-corrected chi connectivity index (χ1v) is 12.0. The van der Waals surface area contributed by atoms with Crippen molar-refractivity contribution in [1.82, 2.24) is 15.5 Å². The fourth-order valence-corrected chi connectivity index (χ4v) is 5.33. The number of amides is 2. The van der Waals surface area contributed by atoms with Crippen LogP contribution in [-0.4, -0.2) is 50.4 Å². The number of nitrogens with one attached hydrogen (secondary N) is 2. The number of likely N-dealkylation sites (tertiary alicyclic amines) is 1. The van der Waals surface area contributed by atoms with Gasteiger partial charge in [0.1, 0.15) is 10.7 Å². The quantitative estimate of drug-likeness (QED) is 0.763. The van der Waals surface area contributed by atoms with E-state index in [0.29, 0.717) is 35.0 Å². The summed E-state index contributed by atoms with van der Waals surface area (Å²) in [5.74, 6) is 0.533. The SMILES string of the molecule is CC[C@H](C)NC(=O)NC1CCN(C2=NS(=O)(=O)C(c3ccc(C)c(C)c3)=C2C)CC1. The molecule has 0 aliphatic carbocycles. The number of urea groups is 1. The van der Waals surface area contributed by atoms with Gasteiger partial charge in [0.05, 0.1) is 0 Å². The van der Waals surface area contributed by atoms with Gasteiger partial charge in [0.25, 0.3) is 10.0 Å². The summed E-state index contributed by atoms with van der Waals surface area (Å²) >= 11 is 0. The highest BCUT2D eigenvalue weighted by Gasteiger charge is 2.35. The van der Waals surface area contributed by atoms with Crippen LogP contribution in [0, 0.1) is 13.8 Å². The number of rotatable bonds is 4. The molecule has 2 heterocycles. The molecule has 3 rings (SSSR count). The number of amidine groups is 1. The lowest BCUT2D eigenvalue weighted by molar-refractivity contribution is 0.223. The van der Waals surface area contributed by atoms with E-state index >= 15 is 0 Å². The van der Waals surface area contributed by atoms with Crippen LogP contribution in [0.3, 0.4) is 0 Å². The van der Waals surface area contributed by atoms with Gasteiger partial charge in [0.2, 0.25) is 0 Å². The number of hydrogen-bond acceptors (Lipinski definition) is 4. The summed E-state index contributed by atoms with van der Waals surface area (Å²) in [6.45, 7) is 11.1. The van der Waals surface area contributed by atoms with Gasteiger partial charge in [-0.3, -0.25) is 0 Å². The van der Waals surface area contributed by atoms with Crippen LogP contribution in [0.2, 0.25) is 0 Å². The fraction of sp³-hybridized carbons (Fsp3) is 0.545. The van der Waals surface area contributed by atoms with Crippen molar-refractivity contribution in [3.63, 3.8) is 0 Å². The lowest BCUT2D eigenvalue weighted by Gasteiger charge is -2.34. The molecule has 1 aromatic rings. The Bertz CT molecular complexity index is 990. The van der Waals surface area contributed by atoms with Crippen LogP contribution < -0.4 is 10.6 Å². The van der Waals surface area contributed by atoms with E-state index in [1.54, 1.807) is 0 Å². The highest BCUT2D eigenvalue weighted by atomic mass is 32.2. The first-order valence-electron chi connectivity index (χ1n) is 10.6. The second-order valence-corrected chi connectivity index (χ2v) is 9.87. The maximum Gasteiger partial charge on any atom is 0.315 e. The Kier molecular flexibility index (Phi) is 6.55. The van der Waals surface area contributed by atoms with Gasteiger partial charge in [0.15, 0.2) is 0 Å². The Balaban J connectivity index is 1.71. The first kappa shape index (κ1) is 22.3. The monoisotopic (exact) mass is 432 g/mol. The molecule has 0 spiro atoms. The topological polar surface area (TPSA) is 90.9 Å². The van der Waals surface area contributed by atoms with Gasteiger partial charge in [0, 0.05) is 30.7 Å². The molecule has 2 N–H and O–H groups in total. The number of carbonyl (C=O) groups is 1. The minimum Gasteiger partial charge on any atom is -0.356 e. The summed E-state index contributed by atoms with van der Waals surface area (Å²) in [7, 11) is -3.72. The van der Waals surface area contributed by atoms with Crippen LogP contribution in [0.25, 0.3) is 4.91 Å². The van der Waals surface area contributed by atoms with Gasteiger partial charge in [-0.1, -0.05) is 25.1 Å². The second kappa shape index (κ2) is 8.79. The molecule has 2 aliphatic rings. The smallest absolute Gasteiger partial charge is 0.315 e. The zero-order chi connectivity index (χ0) is 22.1. The zero-order valence-electron chi connectivity index (χ0n) is 18.4. The number of benzene rings is 1.